The Hall–Kier alpha value is -2.90. The maximum atomic E-state index is 13.6. The summed E-state index contributed by atoms with van der Waals surface area (Å²) in [6, 6.07) is 12.7. The standard InChI is InChI=1S/C26H32N2O5.ClH/c1-3-33-26(32)23(14-13-19-9-5-4-6-10-19)27-18(2)25(31)28(17-24(29)30)22-15-20-11-7-8-12-21(20)16-22;/h4-12,18,22-23,27H,3,13-17H2,1-2H3,(H,29,30);1H/t18-,23-;/m0./s1/i17D2,22D;. The Bertz CT molecular complexity index is 1080. The highest BCUT2D eigenvalue weighted by molar-refractivity contribution is 5.86. The zero-order valence-corrected chi connectivity index (χ0v) is 20.1. The van der Waals surface area contributed by atoms with E-state index in [4.69, 9.17) is 8.85 Å². The fraction of sp³-hybridized carbons (Fsp3) is 0.423. The van der Waals surface area contributed by atoms with Gasteiger partial charge in [0.2, 0.25) is 5.91 Å². The average molecular weight is 492 g/mol. The largest absolute Gasteiger partial charge is 0.480 e. The Morgan fingerprint density at radius 2 is 1.74 bits per heavy atom. The van der Waals surface area contributed by atoms with Gasteiger partial charge in [-0.25, -0.2) is 0 Å². The molecule has 1 aliphatic rings. The molecule has 3 rings (SSSR count). The van der Waals surface area contributed by atoms with E-state index in [1.165, 1.54) is 6.92 Å². The second kappa shape index (κ2) is 13.1. The van der Waals surface area contributed by atoms with Crippen molar-refractivity contribution in [2.45, 2.75) is 57.6 Å². The van der Waals surface area contributed by atoms with Gasteiger partial charge in [0.05, 0.1) is 16.8 Å². The molecule has 2 N–H and O–H groups in total. The molecule has 0 spiro atoms. The molecule has 2 aromatic carbocycles. The predicted octanol–water partition coefficient (Wildman–Crippen LogP) is 3.03. The SMILES string of the molecule is Cl.[2H]C1(N(C(=O)[C@H](C)N[C@@H](CCc2ccccc2)C(=O)OCC)C([2H])([2H])C(=O)O)Cc2ccccc2C1. The Labute approximate surface area is 211 Å². The van der Waals surface area contributed by atoms with E-state index in [9.17, 15) is 19.5 Å². The first-order valence-electron chi connectivity index (χ1n) is 12.6. The summed E-state index contributed by atoms with van der Waals surface area (Å²) in [6.07, 6.45) is 0.812. The summed E-state index contributed by atoms with van der Waals surface area (Å²) in [4.78, 5) is 38.7. The van der Waals surface area contributed by atoms with Crippen molar-refractivity contribution in [2.75, 3.05) is 13.1 Å². The number of rotatable bonds is 11. The Kier molecular flexibility index (Phi) is 8.82. The van der Waals surface area contributed by atoms with Gasteiger partial charge in [-0.1, -0.05) is 54.6 Å². The van der Waals surface area contributed by atoms with Crippen LogP contribution in [0.5, 0.6) is 0 Å². The van der Waals surface area contributed by atoms with Crippen molar-refractivity contribution < 1.29 is 28.3 Å². The number of esters is 1. The van der Waals surface area contributed by atoms with Gasteiger partial charge in [0, 0.05) is 6.02 Å². The number of ether oxygens (including phenoxy) is 1. The van der Waals surface area contributed by atoms with Crippen molar-refractivity contribution >= 4 is 30.3 Å². The number of aliphatic carboxylic acids is 1. The van der Waals surface area contributed by atoms with E-state index in [-0.39, 0.29) is 31.9 Å². The highest BCUT2D eigenvalue weighted by Crippen LogP contribution is 2.26. The Morgan fingerprint density at radius 3 is 2.29 bits per heavy atom. The van der Waals surface area contributed by atoms with Crippen LogP contribution in [0, 0.1) is 0 Å². The number of fused-ring (bicyclic) bond motifs is 1. The molecule has 0 heterocycles. The number of hydrogen-bond donors (Lipinski definition) is 2. The van der Waals surface area contributed by atoms with E-state index in [1.807, 2.05) is 30.3 Å². The second-order valence-electron chi connectivity index (χ2n) is 8.00. The first-order valence-corrected chi connectivity index (χ1v) is 11.1. The first-order chi connectivity index (χ1) is 17.0. The summed E-state index contributed by atoms with van der Waals surface area (Å²) < 4.78 is 30.6. The summed E-state index contributed by atoms with van der Waals surface area (Å²) >= 11 is 0. The summed E-state index contributed by atoms with van der Waals surface area (Å²) in [6.45, 7) is 0.117. The van der Waals surface area contributed by atoms with E-state index in [2.05, 4.69) is 5.32 Å². The van der Waals surface area contributed by atoms with Crippen LogP contribution in [-0.2, 0) is 38.4 Å². The quantitative estimate of drug-likeness (QED) is 0.469. The molecule has 0 radical (unpaired) electrons. The molecule has 0 unspecified atom stereocenters. The number of halogens is 1. The molecule has 2 atom stereocenters. The summed E-state index contributed by atoms with van der Waals surface area (Å²) in [5.41, 5.74) is 2.52. The van der Waals surface area contributed by atoms with E-state index in [1.54, 1.807) is 31.2 Å². The van der Waals surface area contributed by atoms with Gasteiger partial charge in [-0.05, 0) is 56.2 Å². The van der Waals surface area contributed by atoms with Crippen LogP contribution in [0.4, 0.5) is 0 Å². The minimum absolute atomic E-state index is 0. The van der Waals surface area contributed by atoms with Crippen LogP contribution in [0.2, 0.25) is 0 Å². The zero-order valence-electron chi connectivity index (χ0n) is 22.3. The van der Waals surface area contributed by atoms with Gasteiger partial charge in [0.25, 0.3) is 0 Å². The first kappa shape index (κ1) is 22.9. The van der Waals surface area contributed by atoms with Crippen molar-refractivity contribution in [3.63, 3.8) is 0 Å². The molecule has 0 aromatic heterocycles. The van der Waals surface area contributed by atoms with E-state index >= 15 is 0 Å². The van der Waals surface area contributed by atoms with Gasteiger partial charge in [-0.3, -0.25) is 19.7 Å². The molecular formula is C26H33ClN2O5. The molecule has 0 saturated heterocycles. The average Bonchev–Trinajstić information content (AvgIpc) is 3.18. The van der Waals surface area contributed by atoms with Crippen LogP contribution in [-0.4, -0.2) is 59.1 Å². The van der Waals surface area contributed by atoms with E-state index in [0.29, 0.717) is 17.7 Å². The van der Waals surface area contributed by atoms with Crippen LogP contribution in [0.1, 0.15) is 41.1 Å². The molecule has 1 aliphatic carbocycles. The molecule has 34 heavy (non-hydrogen) atoms. The maximum absolute atomic E-state index is 13.6. The molecule has 0 saturated carbocycles. The molecule has 0 bridgehead atoms. The number of carbonyl (C=O) groups is 3. The Morgan fingerprint density at radius 1 is 1.15 bits per heavy atom. The van der Waals surface area contributed by atoms with Crippen LogP contribution >= 0.6 is 12.4 Å². The lowest BCUT2D eigenvalue weighted by molar-refractivity contribution is -0.149. The topological polar surface area (TPSA) is 95.9 Å². The van der Waals surface area contributed by atoms with Crippen molar-refractivity contribution in [1.29, 1.82) is 0 Å². The third-order valence-electron chi connectivity index (χ3n) is 5.61. The molecule has 0 aliphatic heterocycles. The number of aryl methyl sites for hydroxylation is 1. The van der Waals surface area contributed by atoms with Gasteiger partial charge in [-0.2, -0.15) is 0 Å². The highest BCUT2D eigenvalue weighted by atomic mass is 35.5. The van der Waals surface area contributed by atoms with Crippen molar-refractivity contribution in [1.82, 2.24) is 10.2 Å². The van der Waals surface area contributed by atoms with Crippen LogP contribution in [0.3, 0.4) is 0 Å². The predicted molar refractivity (Wildman–Crippen MR) is 132 cm³/mol. The number of amides is 1. The zero-order chi connectivity index (χ0) is 26.5. The van der Waals surface area contributed by atoms with E-state index in [0.717, 1.165) is 16.7 Å². The van der Waals surface area contributed by atoms with Crippen molar-refractivity contribution in [2.24, 2.45) is 0 Å². The second-order valence-corrected chi connectivity index (χ2v) is 8.00. The summed E-state index contributed by atoms with van der Waals surface area (Å²) in [7, 11) is 0. The third kappa shape index (κ3) is 7.30. The third-order valence-corrected chi connectivity index (χ3v) is 5.61. The molecular weight excluding hydrogens is 456 g/mol. The number of carbonyl (C=O) groups excluding carboxylic acids is 2. The fourth-order valence-corrected chi connectivity index (χ4v) is 3.98. The highest BCUT2D eigenvalue weighted by Gasteiger charge is 2.34. The van der Waals surface area contributed by atoms with Gasteiger partial charge in [0.1, 0.15) is 12.5 Å². The monoisotopic (exact) mass is 491 g/mol. The molecule has 1 amide bonds. The summed E-state index contributed by atoms with van der Waals surface area (Å²) in [5, 5.41) is 12.6. The molecule has 184 valence electrons. The van der Waals surface area contributed by atoms with Crippen molar-refractivity contribution in [3.05, 3.63) is 71.3 Å². The van der Waals surface area contributed by atoms with Crippen LogP contribution in [0.15, 0.2) is 54.6 Å². The number of nitrogens with one attached hydrogen (secondary N) is 1. The van der Waals surface area contributed by atoms with Gasteiger partial charge in [-0.15, -0.1) is 12.4 Å². The van der Waals surface area contributed by atoms with Gasteiger partial charge < -0.3 is 14.7 Å². The van der Waals surface area contributed by atoms with E-state index < -0.39 is 42.4 Å². The fourth-order valence-electron chi connectivity index (χ4n) is 3.98. The molecule has 7 nitrogen and oxygen atoms in total. The number of carboxylic acids is 1. The number of carboxylic acid groups (broad SMARTS) is 1. The van der Waals surface area contributed by atoms with Gasteiger partial charge in [0.15, 0.2) is 0 Å². The molecule has 0 fully saturated rings. The lowest BCUT2D eigenvalue weighted by atomic mass is 10.0. The number of benzene rings is 2. The normalized spacial score (nSPS) is 17.1. The van der Waals surface area contributed by atoms with Gasteiger partial charge >= 0.3 is 11.9 Å². The maximum Gasteiger partial charge on any atom is 0.323 e. The lowest BCUT2D eigenvalue weighted by Gasteiger charge is -2.31. The minimum atomic E-state index is -3.14. The lowest BCUT2D eigenvalue weighted by Crippen LogP contribution is -2.54. The van der Waals surface area contributed by atoms with Crippen LogP contribution < -0.4 is 5.32 Å². The number of hydrogen-bond acceptors (Lipinski definition) is 5. The van der Waals surface area contributed by atoms with Crippen molar-refractivity contribution in [3.8, 4) is 0 Å². The smallest absolute Gasteiger partial charge is 0.323 e. The molecule has 8 heteroatoms. The van der Waals surface area contributed by atoms with Crippen LogP contribution in [0.25, 0.3) is 0 Å². The minimum Gasteiger partial charge on any atom is -0.480 e. The Balaban J connectivity index is 0.00000481. The summed E-state index contributed by atoms with van der Waals surface area (Å²) in [5.74, 6) is -3.34. The number of nitrogens with zero attached hydrogens (tertiary/aromatic N) is 1. The molecule has 2 aromatic rings.